The van der Waals surface area contributed by atoms with Crippen LogP contribution >= 0.6 is 0 Å². The van der Waals surface area contributed by atoms with E-state index in [2.05, 4.69) is 5.32 Å². The van der Waals surface area contributed by atoms with Crippen molar-refractivity contribution in [2.24, 2.45) is 0 Å². The van der Waals surface area contributed by atoms with Gasteiger partial charge in [0.2, 0.25) is 0 Å². The number of anilines is 1. The maximum absolute atomic E-state index is 11.4. The zero-order chi connectivity index (χ0) is 13.9. The van der Waals surface area contributed by atoms with Crippen LogP contribution < -0.4 is 5.32 Å². The van der Waals surface area contributed by atoms with Crippen molar-refractivity contribution >= 4 is 15.8 Å². The van der Waals surface area contributed by atoms with Gasteiger partial charge in [-0.3, -0.25) is 0 Å². The second-order valence-electron chi connectivity index (χ2n) is 4.29. The number of aryl methyl sites for hydroxylation is 1. The molecule has 0 saturated heterocycles. The molecule has 0 radical (unpaired) electrons. The van der Waals surface area contributed by atoms with E-state index in [1.165, 1.54) is 0 Å². The topological polar surface area (TPSA) is 69.2 Å². The maximum atomic E-state index is 11.4. The molecular formula is C14H14NO3S-. The first-order valence-corrected chi connectivity index (χ1v) is 7.27. The Hall–Kier alpha value is -1.85. The summed E-state index contributed by atoms with van der Waals surface area (Å²) in [6, 6.07) is 15.6. The second kappa shape index (κ2) is 5.42. The summed E-state index contributed by atoms with van der Waals surface area (Å²) in [5.41, 5.74) is 2.03. The Bertz CT molecular complexity index is 636. The molecule has 0 aliphatic carbocycles. The molecule has 0 saturated carbocycles. The summed E-state index contributed by atoms with van der Waals surface area (Å²) in [5.74, 6) is 0. The molecule has 0 spiro atoms. The zero-order valence-corrected chi connectivity index (χ0v) is 11.2. The molecule has 1 unspecified atom stereocenters. The minimum atomic E-state index is -4.49. The van der Waals surface area contributed by atoms with Crippen molar-refractivity contribution in [3.8, 4) is 0 Å². The SMILES string of the molecule is Cc1ccc(C(Nc2ccccc2)S(=O)(=O)[O-])cc1. The van der Waals surface area contributed by atoms with Crippen LogP contribution in [0.25, 0.3) is 0 Å². The van der Waals surface area contributed by atoms with Crippen molar-refractivity contribution in [3.63, 3.8) is 0 Å². The predicted molar refractivity (Wildman–Crippen MR) is 73.7 cm³/mol. The van der Waals surface area contributed by atoms with E-state index in [1.807, 2.05) is 13.0 Å². The molecule has 0 bridgehead atoms. The highest BCUT2D eigenvalue weighted by Crippen LogP contribution is 2.24. The molecule has 4 nitrogen and oxygen atoms in total. The Kier molecular flexibility index (Phi) is 3.87. The Morgan fingerprint density at radius 3 is 2.11 bits per heavy atom. The molecule has 0 aromatic heterocycles. The first-order chi connectivity index (χ1) is 8.97. The van der Waals surface area contributed by atoms with Gasteiger partial charge in [0.05, 0.1) is 0 Å². The van der Waals surface area contributed by atoms with E-state index < -0.39 is 15.5 Å². The van der Waals surface area contributed by atoms with Crippen molar-refractivity contribution in [3.05, 3.63) is 65.7 Å². The lowest BCUT2D eigenvalue weighted by atomic mass is 10.1. The van der Waals surface area contributed by atoms with E-state index in [4.69, 9.17) is 0 Å². The Balaban J connectivity index is 2.35. The molecule has 1 atom stereocenters. The average Bonchev–Trinajstić information content (AvgIpc) is 2.37. The summed E-state index contributed by atoms with van der Waals surface area (Å²) in [6.45, 7) is 1.90. The molecule has 0 aliphatic rings. The highest BCUT2D eigenvalue weighted by molar-refractivity contribution is 7.86. The van der Waals surface area contributed by atoms with Crippen LogP contribution in [0, 0.1) is 6.92 Å². The van der Waals surface area contributed by atoms with Crippen LogP contribution in [0.5, 0.6) is 0 Å². The van der Waals surface area contributed by atoms with Gasteiger partial charge >= 0.3 is 0 Å². The van der Waals surface area contributed by atoms with E-state index in [9.17, 15) is 13.0 Å². The fourth-order valence-electron chi connectivity index (χ4n) is 1.75. The van der Waals surface area contributed by atoms with Crippen LogP contribution in [0.2, 0.25) is 0 Å². The van der Waals surface area contributed by atoms with Crippen LogP contribution in [-0.4, -0.2) is 13.0 Å². The lowest BCUT2D eigenvalue weighted by molar-refractivity contribution is 0.454. The number of hydrogen-bond acceptors (Lipinski definition) is 4. The molecule has 1 N–H and O–H groups in total. The van der Waals surface area contributed by atoms with Crippen molar-refractivity contribution in [2.45, 2.75) is 12.3 Å². The quantitative estimate of drug-likeness (QED) is 0.872. The van der Waals surface area contributed by atoms with Gasteiger partial charge in [-0.05, 0) is 24.6 Å². The Morgan fingerprint density at radius 2 is 1.58 bits per heavy atom. The summed E-state index contributed by atoms with van der Waals surface area (Å²) < 4.78 is 34.2. The van der Waals surface area contributed by atoms with Gasteiger partial charge in [0, 0.05) is 5.69 Å². The van der Waals surface area contributed by atoms with Crippen molar-refractivity contribution < 1.29 is 13.0 Å². The molecule has 100 valence electrons. The molecule has 0 fully saturated rings. The first-order valence-electron chi connectivity index (χ1n) is 5.80. The maximum Gasteiger partial charge on any atom is 0.143 e. The number of para-hydroxylation sites is 1. The van der Waals surface area contributed by atoms with Crippen molar-refractivity contribution in [2.75, 3.05) is 5.32 Å². The van der Waals surface area contributed by atoms with Gasteiger partial charge < -0.3 is 9.87 Å². The molecular weight excluding hydrogens is 262 g/mol. The van der Waals surface area contributed by atoms with E-state index in [1.54, 1.807) is 48.5 Å². The third kappa shape index (κ3) is 3.56. The molecule has 5 heteroatoms. The van der Waals surface area contributed by atoms with Gasteiger partial charge in [0.15, 0.2) is 0 Å². The number of hydrogen-bond donors (Lipinski definition) is 1. The summed E-state index contributed by atoms with van der Waals surface area (Å²) in [5, 5.41) is 1.47. The highest BCUT2D eigenvalue weighted by atomic mass is 32.2. The third-order valence-corrected chi connectivity index (χ3v) is 3.71. The molecule has 0 heterocycles. The van der Waals surface area contributed by atoms with Crippen LogP contribution in [0.4, 0.5) is 5.69 Å². The number of rotatable bonds is 4. The molecule has 0 amide bonds. The summed E-state index contributed by atoms with van der Waals surface area (Å²) >= 11 is 0. The summed E-state index contributed by atoms with van der Waals surface area (Å²) in [4.78, 5) is 0. The minimum Gasteiger partial charge on any atom is -0.746 e. The molecule has 2 rings (SSSR count). The Labute approximate surface area is 112 Å². The highest BCUT2D eigenvalue weighted by Gasteiger charge is 2.18. The van der Waals surface area contributed by atoms with E-state index in [0.717, 1.165) is 5.56 Å². The normalized spacial score (nSPS) is 12.9. The van der Waals surface area contributed by atoms with Crippen LogP contribution in [0.1, 0.15) is 16.5 Å². The van der Waals surface area contributed by atoms with Crippen LogP contribution in [-0.2, 0) is 10.1 Å². The lowest BCUT2D eigenvalue weighted by Crippen LogP contribution is -2.20. The summed E-state index contributed by atoms with van der Waals surface area (Å²) in [6.07, 6.45) is 0. The van der Waals surface area contributed by atoms with E-state index in [-0.39, 0.29) is 0 Å². The monoisotopic (exact) mass is 276 g/mol. The third-order valence-electron chi connectivity index (χ3n) is 2.74. The standard InChI is InChI=1S/C14H15NO3S/c1-11-7-9-12(10-8-11)14(19(16,17)18)15-13-5-3-2-4-6-13/h2-10,14-15H,1H3,(H,16,17,18)/p-1. The predicted octanol–water partition coefficient (Wildman–Crippen LogP) is 2.65. The van der Waals surface area contributed by atoms with E-state index >= 15 is 0 Å². The van der Waals surface area contributed by atoms with Gasteiger partial charge in [-0.1, -0.05) is 48.0 Å². The number of benzene rings is 2. The molecule has 0 aliphatic heterocycles. The van der Waals surface area contributed by atoms with Gasteiger partial charge in [0.1, 0.15) is 15.5 Å². The van der Waals surface area contributed by atoms with Gasteiger partial charge in [-0.15, -0.1) is 0 Å². The van der Waals surface area contributed by atoms with E-state index in [0.29, 0.717) is 11.3 Å². The van der Waals surface area contributed by atoms with Gasteiger partial charge in [-0.25, -0.2) is 8.42 Å². The smallest absolute Gasteiger partial charge is 0.143 e. The van der Waals surface area contributed by atoms with Gasteiger partial charge in [-0.2, -0.15) is 0 Å². The average molecular weight is 276 g/mol. The summed E-state index contributed by atoms with van der Waals surface area (Å²) in [7, 11) is -4.49. The molecule has 19 heavy (non-hydrogen) atoms. The minimum absolute atomic E-state index is 0.435. The largest absolute Gasteiger partial charge is 0.746 e. The zero-order valence-electron chi connectivity index (χ0n) is 10.4. The fourth-order valence-corrected chi connectivity index (χ4v) is 2.52. The van der Waals surface area contributed by atoms with Crippen LogP contribution in [0.3, 0.4) is 0 Å². The van der Waals surface area contributed by atoms with Crippen molar-refractivity contribution in [1.29, 1.82) is 0 Å². The lowest BCUT2D eigenvalue weighted by Gasteiger charge is -2.23. The molecule has 2 aromatic carbocycles. The second-order valence-corrected chi connectivity index (χ2v) is 5.75. The first kappa shape index (κ1) is 13.6. The fraction of sp³-hybridized carbons (Fsp3) is 0.143. The van der Waals surface area contributed by atoms with Crippen molar-refractivity contribution in [1.82, 2.24) is 0 Å². The number of nitrogens with one attached hydrogen (secondary N) is 1. The molecule has 2 aromatic rings. The Morgan fingerprint density at radius 1 is 1.00 bits per heavy atom. The van der Waals surface area contributed by atoms with Crippen LogP contribution in [0.15, 0.2) is 54.6 Å². The van der Waals surface area contributed by atoms with Gasteiger partial charge in [0.25, 0.3) is 0 Å².